The Morgan fingerprint density at radius 2 is 1.73 bits per heavy atom. The number of hydrogen-bond donors (Lipinski definition) is 0. The summed E-state index contributed by atoms with van der Waals surface area (Å²) in [5, 5.41) is 1.88. The van der Waals surface area contributed by atoms with Crippen molar-refractivity contribution >= 4 is 46.7 Å². The van der Waals surface area contributed by atoms with Gasteiger partial charge in [-0.05, 0) is 48.9 Å². The molecule has 3 aromatic carbocycles. The minimum absolute atomic E-state index is 0.344. The number of ether oxygens (including phenoxy) is 1. The first-order valence-electron chi connectivity index (χ1n) is 7.99. The van der Waals surface area contributed by atoms with Crippen molar-refractivity contribution in [2.75, 3.05) is 0 Å². The van der Waals surface area contributed by atoms with Crippen LogP contribution < -0.4 is 4.74 Å². The van der Waals surface area contributed by atoms with Crippen LogP contribution in [0.1, 0.15) is 16.7 Å². The van der Waals surface area contributed by atoms with E-state index in [0.29, 0.717) is 21.7 Å². The monoisotopic (exact) mass is 403 g/mol. The molecule has 0 saturated carbocycles. The van der Waals surface area contributed by atoms with Crippen molar-refractivity contribution < 1.29 is 4.74 Å². The van der Waals surface area contributed by atoms with Gasteiger partial charge in [-0.1, -0.05) is 59.1 Å². The lowest BCUT2D eigenvalue weighted by Crippen LogP contribution is -1.99. The Morgan fingerprint density at radius 3 is 2.54 bits per heavy atom. The van der Waals surface area contributed by atoms with E-state index in [1.807, 2.05) is 55.5 Å². The van der Waals surface area contributed by atoms with Gasteiger partial charge in [0.2, 0.25) is 0 Å². The molecule has 0 aliphatic rings. The number of hydrogen-bond acceptors (Lipinski definition) is 2. The highest BCUT2D eigenvalue weighted by Crippen LogP contribution is 2.27. The van der Waals surface area contributed by atoms with Crippen LogP contribution in [0.15, 0.2) is 65.7 Å². The van der Waals surface area contributed by atoms with E-state index >= 15 is 0 Å². The molecule has 0 bridgehead atoms. The van der Waals surface area contributed by atoms with E-state index in [2.05, 4.69) is 4.99 Å². The van der Waals surface area contributed by atoms with Gasteiger partial charge in [0.15, 0.2) is 0 Å². The maximum atomic E-state index is 6.21. The summed E-state index contributed by atoms with van der Waals surface area (Å²) >= 11 is 18.3. The first-order valence-corrected chi connectivity index (χ1v) is 9.13. The van der Waals surface area contributed by atoms with Gasteiger partial charge < -0.3 is 4.74 Å². The van der Waals surface area contributed by atoms with Crippen molar-refractivity contribution in [1.29, 1.82) is 0 Å². The molecule has 0 radical (unpaired) electrons. The highest BCUT2D eigenvalue weighted by molar-refractivity contribution is 6.35. The molecule has 0 aliphatic heterocycles. The SMILES string of the molecule is Cc1c(Cl)cccc1N=Cc1ccccc1OCc1ccc(Cl)cc1Cl. The fourth-order valence-corrected chi connectivity index (χ4v) is 3.02. The highest BCUT2D eigenvalue weighted by atomic mass is 35.5. The van der Waals surface area contributed by atoms with Gasteiger partial charge in [0.1, 0.15) is 12.4 Å². The van der Waals surface area contributed by atoms with Crippen molar-refractivity contribution in [3.63, 3.8) is 0 Å². The maximum Gasteiger partial charge on any atom is 0.128 e. The maximum absolute atomic E-state index is 6.21. The Balaban J connectivity index is 1.80. The van der Waals surface area contributed by atoms with E-state index in [0.717, 1.165) is 28.1 Å². The van der Waals surface area contributed by atoms with Gasteiger partial charge in [-0.3, -0.25) is 4.99 Å². The van der Waals surface area contributed by atoms with E-state index in [1.54, 1.807) is 18.3 Å². The Kier molecular flexibility index (Phi) is 6.20. The van der Waals surface area contributed by atoms with Crippen LogP contribution in [0, 0.1) is 6.92 Å². The number of nitrogens with zero attached hydrogens (tertiary/aromatic N) is 1. The summed E-state index contributed by atoms with van der Waals surface area (Å²) in [5.41, 5.74) is 3.51. The molecule has 2 nitrogen and oxygen atoms in total. The van der Waals surface area contributed by atoms with Crippen LogP contribution in [0.5, 0.6) is 5.75 Å². The number of aliphatic imine (C=N–C) groups is 1. The molecule has 5 heteroatoms. The van der Waals surface area contributed by atoms with E-state index in [-0.39, 0.29) is 0 Å². The van der Waals surface area contributed by atoms with Gasteiger partial charge in [-0.2, -0.15) is 0 Å². The fraction of sp³-hybridized carbons (Fsp3) is 0.0952. The second-order valence-electron chi connectivity index (χ2n) is 5.70. The molecule has 0 fully saturated rings. The first kappa shape index (κ1) is 18.8. The molecule has 0 saturated heterocycles. The van der Waals surface area contributed by atoms with Crippen LogP contribution in [0.3, 0.4) is 0 Å². The van der Waals surface area contributed by atoms with E-state index in [1.165, 1.54) is 0 Å². The predicted octanol–water partition coefficient (Wildman–Crippen LogP) is 7.28. The van der Waals surface area contributed by atoms with Crippen LogP contribution in [0.4, 0.5) is 5.69 Å². The molecule has 0 N–H and O–H groups in total. The second-order valence-corrected chi connectivity index (χ2v) is 6.96. The lowest BCUT2D eigenvalue weighted by molar-refractivity contribution is 0.306. The Labute approximate surface area is 168 Å². The average Bonchev–Trinajstić information content (AvgIpc) is 2.63. The number of benzene rings is 3. The van der Waals surface area contributed by atoms with Crippen molar-refractivity contribution in [2.24, 2.45) is 4.99 Å². The van der Waals surface area contributed by atoms with Gasteiger partial charge in [0.25, 0.3) is 0 Å². The van der Waals surface area contributed by atoms with Gasteiger partial charge in [-0.25, -0.2) is 0 Å². The number of halogens is 3. The summed E-state index contributed by atoms with van der Waals surface area (Å²) in [6, 6.07) is 18.7. The topological polar surface area (TPSA) is 21.6 Å². The predicted molar refractivity (Wildman–Crippen MR) is 111 cm³/mol. The van der Waals surface area contributed by atoms with E-state index in [9.17, 15) is 0 Å². The molecular formula is C21H16Cl3NO. The molecule has 0 atom stereocenters. The lowest BCUT2D eigenvalue weighted by Gasteiger charge is -2.10. The van der Waals surface area contributed by atoms with E-state index < -0.39 is 0 Å². The minimum Gasteiger partial charge on any atom is -0.488 e. The van der Waals surface area contributed by atoms with Crippen molar-refractivity contribution in [1.82, 2.24) is 0 Å². The Bertz CT molecular complexity index is 954. The normalized spacial score (nSPS) is 11.1. The van der Waals surface area contributed by atoms with Crippen molar-refractivity contribution in [2.45, 2.75) is 13.5 Å². The second kappa shape index (κ2) is 8.59. The van der Waals surface area contributed by atoms with Crippen LogP contribution in [-0.4, -0.2) is 6.21 Å². The summed E-state index contributed by atoms with van der Waals surface area (Å²) in [5.74, 6) is 0.724. The smallest absolute Gasteiger partial charge is 0.128 e. The van der Waals surface area contributed by atoms with E-state index in [4.69, 9.17) is 39.5 Å². The highest BCUT2D eigenvalue weighted by Gasteiger charge is 2.06. The van der Waals surface area contributed by atoms with Crippen LogP contribution in [0.2, 0.25) is 15.1 Å². The summed E-state index contributed by atoms with van der Waals surface area (Å²) in [6.07, 6.45) is 1.78. The number of rotatable bonds is 5. The first-order chi connectivity index (χ1) is 12.5. The number of para-hydroxylation sites is 1. The molecule has 26 heavy (non-hydrogen) atoms. The third kappa shape index (κ3) is 4.59. The molecule has 132 valence electrons. The summed E-state index contributed by atoms with van der Waals surface area (Å²) in [7, 11) is 0. The van der Waals surface area contributed by atoms with Gasteiger partial charge >= 0.3 is 0 Å². The van der Waals surface area contributed by atoms with Crippen molar-refractivity contribution in [3.8, 4) is 5.75 Å². The molecule has 0 aromatic heterocycles. The zero-order chi connectivity index (χ0) is 18.5. The standard InChI is InChI=1S/C21H16Cl3NO/c1-14-18(23)6-4-7-20(14)25-12-15-5-2-3-8-21(15)26-13-16-9-10-17(22)11-19(16)24/h2-12H,13H2,1H3. The summed E-state index contributed by atoms with van der Waals surface area (Å²) < 4.78 is 5.94. The molecule has 0 unspecified atom stereocenters. The molecular weight excluding hydrogens is 389 g/mol. The van der Waals surface area contributed by atoms with Crippen LogP contribution >= 0.6 is 34.8 Å². The molecule has 3 aromatic rings. The Hall–Kier alpha value is -2.00. The zero-order valence-corrected chi connectivity index (χ0v) is 16.3. The molecule has 0 amide bonds. The quantitative estimate of drug-likeness (QED) is 0.409. The fourth-order valence-electron chi connectivity index (χ4n) is 2.39. The third-order valence-corrected chi connectivity index (χ3v) is 4.90. The van der Waals surface area contributed by atoms with Gasteiger partial charge in [-0.15, -0.1) is 0 Å². The lowest BCUT2D eigenvalue weighted by atomic mass is 10.2. The summed E-state index contributed by atoms with van der Waals surface area (Å²) in [6.45, 7) is 2.29. The van der Waals surface area contributed by atoms with Gasteiger partial charge in [0, 0.05) is 32.4 Å². The molecule has 3 rings (SSSR count). The van der Waals surface area contributed by atoms with Crippen LogP contribution in [-0.2, 0) is 6.61 Å². The third-order valence-electron chi connectivity index (χ3n) is 3.90. The van der Waals surface area contributed by atoms with Crippen molar-refractivity contribution in [3.05, 3.63) is 92.4 Å². The average molecular weight is 405 g/mol. The van der Waals surface area contributed by atoms with Gasteiger partial charge in [0.05, 0.1) is 5.69 Å². The zero-order valence-electron chi connectivity index (χ0n) is 14.0. The molecule has 0 heterocycles. The molecule has 0 spiro atoms. The molecule has 0 aliphatic carbocycles. The Morgan fingerprint density at radius 1 is 0.923 bits per heavy atom. The largest absolute Gasteiger partial charge is 0.488 e. The summed E-state index contributed by atoms with van der Waals surface area (Å²) in [4.78, 5) is 4.55. The van der Waals surface area contributed by atoms with Crippen LogP contribution in [0.25, 0.3) is 0 Å². The minimum atomic E-state index is 0.344.